The van der Waals surface area contributed by atoms with Crippen molar-refractivity contribution in [3.8, 4) is 6.07 Å². The number of fused-ring (bicyclic) bond motifs is 1. The molecule has 3 aromatic carbocycles. The molecule has 0 aliphatic carbocycles. The van der Waals surface area contributed by atoms with Gasteiger partial charge in [0.15, 0.2) is 0 Å². The number of nitrogens with zero attached hydrogens (tertiary/aromatic N) is 4. The molecule has 0 fully saturated rings. The Labute approximate surface area is 230 Å². The number of amides is 1. The monoisotopic (exact) mass is 539 g/mol. The van der Waals surface area contributed by atoms with E-state index in [1.807, 2.05) is 41.3 Å². The van der Waals surface area contributed by atoms with Gasteiger partial charge in [-0.1, -0.05) is 60.1 Å². The van der Waals surface area contributed by atoms with E-state index >= 15 is 0 Å². The van der Waals surface area contributed by atoms with E-state index in [-0.39, 0.29) is 12.2 Å². The Kier molecular flexibility index (Phi) is 7.20. The fourth-order valence-electron chi connectivity index (χ4n) is 5.47. The predicted molar refractivity (Wildman–Crippen MR) is 146 cm³/mol. The maximum Gasteiger partial charge on any atom is 0.327 e. The summed E-state index contributed by atoms with van der Waals surface area (Å²) in [6.45, 7) is 1.08. The van der Waals surface area contributed by atoms with Crippen molar-refractivity contribution in [3.63, 3.8) is 0 Å². The number of carboxylic acids is 1. The molecule has 0 saturated heterocycles. The number of imidazole rings is 1. The lowest BCUT2D eigenvalue weighted by molar-refractivity contribution is -0.153. The largest absolute Gasteiger partial charge is 0.480 e. The Morgan fingerprint density at radius 1 is 1.03 bits per heavy atom. The van der Waals surface area contributed by atoms with Crippen LogP contribution in [0.1, 0.15) is 33.5 Å². The number of aromatic nitrogens is 2. The van der Waals surface area contributed by atoms with Crippen molar-refractivity contribution in [1.29, 1.82) is 5.26 Å². The molecule has 0 radical (unpaired) electrons. The number of carboxylic acid groups (broad SMARTS) is 1. The van der Waals surface area contributed by atoms with Gasteiger partial charge in [0.25, 0.3) is 0 Å². The van der Waals surface area contributed by atoms with Gasteiger partial charge in [-0.15, -0.1) is 0 Å². The van der Waals surface area contributed by atoms with Gasteiger partial charge in [0, 0.05) is 36.9 Å². The number of nitriles is 1. The van der Waals surface area contributed by atoms with Gasteiger partial charge in [-0.2, -0.15) is 5.26 Å². The highest BCUT2D eigenvalue weighted by Gasteiger charge is 2.57. The average Bonchev–Trinajstić information content (AvgIpc) is 3.38. The van der Waals surface area contributed by atoms with E-state index < -0.39 is 23.3 Å². The van der Waals surface area contributed by atoms with Crippen molar-refractivity contribution in [2.24, 2.45) is 5.73 Å². The highest BCUT2D eigenvalue weighted by Crippen LogP contribution is 2.39. The summed E-state index contributed by atoms with van der Waals surface area (Å²) >= 11 is 6.10. The molecule has 2 heterocycles. The van der Waals surface area contributed by atoms with Crippen LogP contribution >= 0.6 is 11.6 Å². The van der Waals surface area contributed by atoms with Crippen LogP contribution in [0.2, 0.25) is 5.02 Å². The lowest BCUT2D eigenvalue weighted by Crippen LogP contribution is -2.64. The zero-order chi connectivity index (χ0) is 27.6. The standard InChI is InChI=1S/C30H26ClN5O3/c31-25-11-9-22(10-12-25)16-35-18-24-4-2-1-3-23(24)13-26(35)30(28(33)37,29(38)39)27-15-34-19-36(27)17-21-7-5-20(14-32)6-8-21/h1-12,15,19,26H,13,16-18H2,(H2,33,37)(H,38,39). The fourth-order valence-corrected chi connectivity index (χ4v) is 5.60. The van der Waals surface area contributed by atoms with Crippen molar-refractivity contribution >= 4 is 23.5 Å². The first kappa shape index (κ1) is 26.2. The average molecular weight is 540 g/mol. The normalized spacial score (nSPS) is 16.6. The predicted octanol–water partition coefficient (Wildman–Crippen LogP) is 3.89. The summed E-state index contributed by atoms with van der Waals surface area (Å²) in [5.74, 6) is -2.29. The molecule has 9 heteroatoms. The SMILES string of the molecule is N#Cc1ccc(Cn2cncc2C(C(N)=O)(C(=O)O)C2Cc3ccccc3CN2Cc2ccc(Cl)cc2)cc1. The van der Waals surface area contributed by atoms with Crippen molar-refractivity contribution < 1.29 is 14.7 Å². The third kappa shape index (κ3) is 4.90. The molecule has 5 rings (SSSR count). The molecule has 196 valence electrons. The van der Waals surface area contributed by atoms with Crippen LogP contribution in [-0.2, 0) is 41.1 Å². The molecule has 1 aliphatic heterocycles. The van der Waals surface area contributed by atoms with Crippen LogP contribution in [0.15, 0.2) is 85.3 Å². The molecular formula is C30H26ClN5O3. The van der Waals surface area contributed by atoms with Gasteiger partial charge in [-0.05, 0) is 52.9 Å². The van der Waals surface area contributed by atoms with E-state index in [4.69, 9.17) is 22.6 Å². The number of primary amides is 1. The minimum Gasteiger partial charge on any atom is -0.480 e. The van der Waals surface area contributed by atoms with E-state index in [1.165, 1.54) is 12.5 Å². The van der Waals surface area contributed by atoms with Crippen molar-refractivity contribution in [1.82, 2.24) is 14.5 Å². The first-order valence-electron chi connectivity index (χ1n) is 12.4. The van der Waals surface area contributed by atoms with Crippen LogP contribution in [0.4, 0.5) is 0 Å². The van der Waals surface area contributed by atoms with Crippen LogP contribution in [0, 0.1) is 11.3 Å². The second kappa shape index (κ2) is 10.7. The molecule has 2 unspecified atom stereocenters. The van der Waals surface area contributed by atoms with Crippen LogP contribution in [-0.4, -0.2) is 37.5 Å². The Morgan fingerprint density at radius 2 is 1.67 bits per heavy atom. The Balaban J connectivity index is 1.62. The van der Waals surface area contributed by atoms with E-state index in [1.54, 1.807) is 41.0 Å². The van der Waals surface area contributed by atoms with Crippen LogP contribution in [0.25, 0.3) is 0 Å². The second-order valence-corrected chi connectivity index (χ2v) is 10.1. The molecule has 2 atom stereocenters. The summed E-state index contributed by atoms with van der Waals surface area (Å²) in [4.78, 5) is 33.0. The molecule has 1 amide bonds. The topological polar surface area (TPSA) is 125 Å². The molecule has 1 aromatic heterocycles. The van der Waals surface area contributed by atoms with Crippen molar-refractivity contribution in [2.45, 2.75) is 37.5 Å². The number of hydrogen-bond acceptors (Lipinski definition) is 5. The maximum atomic E-state index is 13.4. The molecule has 0 saturated carbocycles. The quantitative estimate of drug-likeness (QED) is 0.327. The smallest absolute Gasteiger partial charge is 0.327 e. The van der Waals surface area contributed by atoms with Gasteiger partial charge in [-0.3, -0.25) is 14.5 Å². The zero-order valence-corrected chi connectivity index (χ0v) is 21.8. The Hall–Kier alpha value is -4.45. The fraction of sp³-hybridized carbons (Fsp3) is 0.200. The third-order valence-electron chi connectivity index (χ3n) is 7.42. The number of carbonyl (C=O) groups excluding carboxylic acids is 1. The molecule has 4 aromatic rings. The highest BCUT2D eigenvalue weighted by atomic mass is 35.5. The van der Waals surface area contributed by atoms with E-state index in [2.05, 4.69) is 11.1 Å². The van der Waals surface area contributed by atoms with Gasteiger partial charge in [0.05, 0.1) is 23.7 Å². The number of hydrogen-bond donors (Lipinski definition) is 2. The minimum atomic E-state index is -2.09. The molecule has 8 nitrogen and oxygen atoms in total. The summed E-state index contributed by atoms with van der Waals surface area (Å²) in [6, 6.07) is 23.4. The molecular weight excluding hydrogens is 514 g/mol. The van der Waals surface area contributed by atoms with E-state index in [9.17, 15) is 14.7 Å². The summed E-state index contributed by atoms with van der Waals surface area (Å²) in [6.07, 6.45) is 3.24. The number of halogens is 1. The van der Waals surface area contributed by atoms with Gasteiger partial charge in [0.2, 0.25) is 11.3 Å². The van der Waals surface area contributed by atoms with Crippen LogP contribution in [0.3, 0.4) is 0 Å². The van der Waals surface area contributed by atoms with Gasteiger partial charge < -0.3 is 15.4 Å². The first-order chi connectivity index (χ1) is 18.8. The first-order valence-corrected chi connectivity index (χ1v) is 12.8. The number of benzene rings is 3. The van der Waals surface area contributed by atoms with Gasteiger partial charge in [0.1, 0.15) is 0 Å². The highest BCUT2D eigenvalue weighted by molar-refractivity contribution is 6.30. The summed E-state index contributed by atoms with van der Waals surface area (Å²) < 4.78 is 1.65. The number of aliphatic carboxylic acids is 1. The molecule has 0 bridgehead atoms. The van der Waals surface area contributed by atoms with Gasteiger partial charge >= 0.3 is 5.97 Å². The second-order valence-electron chi connectivity index (χ2n) is 9.71. The summed E-state index contributed by atoms with van der Waals surface area (Å²) in [7, 11) is 0. The lowest BCUT2D eigenvalue weighted by Gasteiger charge is -2.45. The van der Waals surface area contributed by atoms with Crippen molar-refractivity contribution in [3.05, 3.63) is 124 Å². The maximum absolute atomic E-state index is 13.4. The summed E-state index contributed by atoms with van der Waals surface area (Å²) in [5.41, 5.74) is 8.47. The number of rotatable bonds is 8. The Morgan fingerprint density at radius 3 is 2.31 bits per heavy atom. The van der Waals surface area contributed by atoms with Crippen molar-refractivity contribution in [2.75, 3.05) is 0 Å². The van der Waals surface area contributed by atoms with Gasteiger partial charge in [-0.25, -0.2) is 4.98 Å². The van der Waals surface area contributed by atoms with Crippen LogP contribution < -0.4 is 5.73 Å². The number of nitrogens with two attached hydrogens (primary N) is 1. The Bertz CT molecular complexity index is 1540. The molecule has 39 heavy (non-hydrogen) atoms. The molecule has 1 aliphatic rings. The summed E-state index contributed by atoms with van der Waals surface area (Å²) in [5, 5.41) is 20.5. The third-order valence-corrected chi connectivity index (χ3v) is 7.67. The number of carbonyl (C=O) groups is 2. The van der Waals surface area contributed by atoms with Crippen LogP contribution in [0.5, 0.6) is 0 Å². The lowest BCUT2D eigenvalue weighted by atomic mass is 9.71. The van der Waals surface area contributed by atoms with E-state index in [0.29, 0.717) is 30.1 Å². The van der Waals surface area contributed by atoms with E-state index in [0.717, 1.165) is 22.3 Å². The molecule has 3 N–H and O–H groups in total. The minimum absolute atomic E-state index is 0.206. The zero-order valence-electron chi connectivity index (χ0n) is 21.0. The molecule has 0 spiro atoms.